The first-order valence-electron chi connectivity index (χ1n) is 11.7. The summed E-state index contributed by atoms with van der Waals surface area (Å²) in [6.45, 7) is -1.50. The van der Waals surface area contributed by atoms with Crippen LogP contribution in [0.2, 0.25) is 0 Å². The Kier molecular flexibility index (Phi) is 6.94. The van der Waals surface area contributed by atoms with Crippen LogP contribution in [0.4, 0.5) is 32.2 Å². The maximum atomic E-state index is 13.8. The molecule has 0 saturated carbocycles. The number of nitrogens with one attached hydrogen (secondary N) is 2. The number of benzene rings is 2. The van der Waals surface area contributed by atoms with Crippen molar-refractivity contribution in [3.05, 3.63) is 100 Å². The first kappa shape index (κ1) is 27.4. The molecule has 0 saturated heterocycles. The third-order valence-corrected chi connectivity index (χ3v) is 5.74. The summed E-state index contributed by atoms with van der Waals surface area (Å²) in [6, 6.07) is 16.2. The second-order valence-corrected chi connectivity index (χ2v) is 8.69. The van der Waals surface area contributed by atoms with Crippen LogP contribution in [0.15, 0.2) is 83.8 Å². The molecule has 2 N–H and O–H groups in total. The number of hydrogen-bond acceptors (Lipinski definition) is 5. The lowest BCUT2D eigenvalue weighted by atomic mass is 10.0. The van der Waals surface area contributed by atoms with Crippen LogP contribution in [0.1, 0.15) is 15.9 Å². The largest absolute Gasteiger partial charge is 0.417 e. The summed E-state index contributed by atoms with van der Waals surface area (Å²) < 4.78 is 81.4. The molecule has 0 atom stereocenters. The SMILES string of the molecule is O=C(Nc1cc(-c2ccc(=O)[nH]n2)nn1-c1ccccc1)c1ccc(C(F)(F)F)c(-c2ccn(CC(F)(F)F)n2)c1. The van der Waals surface area contributed by atoms with E-state index in [-0.39, 0.29) is 22.8 Å². The van der Waals surface area contributed by atoms with Crippen molar-refractivity contribution in [1.29, 1.82) is 0 Å². The summed E-state index contributed by atoms with van der Waals surface area (Å²) in [7, 11) is 0. The van der Waals surface area contributed by atoms with Gasteiger partial charge in [-0.15, -0.1) is 0 Å². The van der Waals surface area contributed by atoms with E-state index in [2.05, 4.69) is 25.7 Å². The highest BCUT2D eigenvalue weighted by Gasteiger charge is 2.35. The van der Waals surface area contributed by atoms with Crippen molar-refractivity contribution < 1.29 is 31.1 Å². The van der Waals surface area contributed by atoms with E-state index in [0.717, 1.165) is 24.4 Å². The van der Waals surface area contributed by atoms with E-state index in [1.165, 1.54) is 22.9 Å². The Balaban J connectivity index is 1.52. The van der Waals surface area contributed by atoms with Gasteiger partial charge in [0.05, 0.1) is 16.9 Å². The van der Waals surface area contributed by atoms with E-state index < -0.39 is 47.2 Å². The van der Waals surface area contributed by atoms with Crippen molar-refractivity contribution in [3.8, 4) is 28.3 Å². The van der Waals surface area contributed by atoms with Gasteiger partial charge >= 0.3 is 12.4 Å². The number of carbonyl (C=O) groups is 1. The highest BCUT2D eigenvalue weighted by molar-refractivity contribution is 6.05. The molecule has 0 unspecified atom stereocenters. The molecule has 0 aliphatic carbocycles. The number of halogens is 6. The van der Waals surface area contributed by atoms with Gasteiger partial charge in [-0.3, -0.25) is 14.3 Å². The fourth-order valence-corrected chi connectivity index (χ4v) is 3.96. The smallest absolute Gasteiger partial charge is 0.306 e. The highest BCUT2D eigenvalue weighted by Crippen LogP contribution is 2.37. The van der Waals surface area contributed by atoms with Gasteiger partial charge in [0.25, 0.3) is 11.5 Å². The number of alkyl halides is 6. The molecule has 210 valence electrons. The molecule has 0 bridgehead atoms. The highest BCUT2D eigenvalue weighted by atomic mass is 19.4. The molecule has 0 spiro atoms. The fourth-order valence-electron chi connectivity index (χ4n) is 3.96. The van der Waals surface area contributed by atoms with Crippen LogP contribution in [0, 0.1) is 0 Å². The van der Waals surface area contributed by atoms with E-state index >= 15 is 0 Å². The quantitative estimate of drug-likeness (QED) is 0.267. The minimum Gasteiger partial charge on any atom is -0.306 e. The molecule has 15 heteroatoms. The number of nitrogens with zero attached hydrogens (tertiary/aromatic N) is 5. The number of para-hydroxylation sites is 1. The molecular formula is C26H17F6N7O2. The van der Waals surface area contributed by atoms with E-state index in [4.69, 9.17) is 0 Å². The molecule has 2 aromatic carbocycles. The van der Waals surface area contributed by atoms with Gasteiger partial charge in [-0.2, -0.15) is 41.6 Å². The number of carbonyl (C=O) groups excluding carboxylic acids is 1. The summed E-state index contributed by atoms with van der Waals surface area (Å²) >= 11 is 0. The third-order valence-electron chi connectivity index (χ3n) is 5.74. The van der Waals surface area contributed by atoms with Gasteiger partial charge in [0, 0.05) is 29.5 Å². The molecule has 5 rings (SSSR count). The maximum absolute atomic E-state index is 13.8. The van der Waals surface area contributed by atoms with Crippen molar-refractivity contribution in [3.63, 3.8) is 0 Å². The zero-order chi connectivity index (χ0) is 29.4. The van der Waals surface area contributed by atoms with Crippen LogP contribution < -0.4 is 10.9 Å². The van der Waals surface area contributed by atoms with Crippen molar-refractivity contribution >= 4 is 11.7 Å². The summed E-state index contributed by atoms with van der Waals surface area (Å²) in [4.78, 5) is 24.7. The monoisotopic (exact) mass is 573 g/mol. The Hall–Kier alpha value is -5.21. The maximum Gasteiger partial charge on any atom is 0.417 e. The van der Waals surface area contributed by atoms with Crippen molar-refractivity contribution in [1.82, 2.24) is 29.8 Å². The minimum atomic E-state index is -4.87. The number of hydrogen-bond donors (Lipinski definition) is 2. The second-order valence-electron chi connectivity index (χ2n) is 8.69. The van der Waals surface area contributed by atoms with E-state index in [1.807, 2.05) is 0 Å². The molecule has 3 aromatic heterocycles. The zero-order valence-corrected chi connectivity index (χ0v) is 20.5. The van der Waals surface area contributed by atoms with E-state index in [0.29, 0.717) is 16.4 Å². The number of aromatic amines is 1. The van der Waals surface area contributed by atoms with Crippen LogP contribution >= 0.6 is 0 Å². The van der Waals surface area contributed by atoms with Gasteiger partial charge in [0.2, 0.25) is 0 Å². The van der Waals surface area contributed by atoms with Gasteiger partial charge in [0.15, 0.2) is 0 Å². The van der Waals surface area contributed by atoms with Crippen molar-refractivity contribution in [2.24, 2.45) is 0 Å². The molecule has 41 heavy (non-hydrogen) atoms. The molecule has 0 aliphatic rings. The van der Waals surface area contributed by atoms with Gasteiger partial charge in [-0.05, 0) is 42.5 Å². The predicted octanol–water partition coefficient (Wildman–Crippen LogP) is 5.32. The van der Waals surface area contributed by atoms with E-state index in [1.54, 1.807) is 30.3 Å². The lowest BCUT2D eigenvalue weighted by Gasteiger charge is -2.14. The molecule has 9 nitrogen and oxygen atoms in total. The standard InChI is InChI=1S/C26H17F6N7O2/c27-25(28,29)14-38-11-10-19(36-38)17-12-15(6-7-18(17)26(30,31)32)24(41)33-22-13-21(20-8-9-23(40)35-34-20)37-39(22)16-4-2-1-3-5-16/h1-13H,14H2,(H,33,41)(H,35,40). The van der Waals surface area contributed by atoms with E-state index in [9.17, 15) is 35.9 Å². The van der Waals surface area contributed by atoms with Crippen molar-refractivity contribution in [2.75, 3.05) is 5.32 Å². The average molecular weight is 573 g/mol. The van der Waals surface area contributed by atoms with Gasteiger partial charge < -0.3 is 5.32 Å². The van der Waals surface area contributed by atoms with Crippen LogP contribution in [-0.4, -0.2) is 41.8 Å². The van der Waals surface area contributed by atoms with Gasteiger partial charge in [0.1, 0.15) is 23.8 Å². The Morgan fingerprint density at radius 2 is 1.61 bits per heavy atom. The minimum absolute atomic E-state index is 0.125. The molecule has 0 fully saturated rings. The first-order chi connectivity index (χ1) is 19.4. The number of anilines is 1. The lowest BCUT2D eigenvalue weighted by Crippen LogP contribution is -2.18. The number of H-pyrrole nitrogens is 1. The first-order valence-corrected chi connectivity index (χ1v) is 11.7. The molecule has 3 heterocycles. The number of amides is 1. The lowest BCUT2D eigenvalue weighted by molar-refractivity contribution is -0.142. The predicted molar refractivity (Wildman–Crippen MR) is 134 cm³/mol. The molecule has 0 radical (unpaired) electrons. The summed E-state index contributed by atoms with van der Waals surface area (Å²) in [6.07, 6.45) is -8.60. The summed E-state index contributed by atoms with van der Waals surface area (Å²) in [5, 5.41) is 16.9. The molecule has 5 aromatic rings. The Morgan fingerprint density at radius 3 is 2.27 bits per heavy atom. The van der Waals surface area contributed by atoms with Gasteiger partial charge in [-0.1, -0.05) is 18.2 Å². The average Bonchev–Trinajstić information content (AvgIpc) is 3.55. The van der Waals surface area contributed by atoms with Crippen LogP contribution in [0.3, 0.4) is 0 Å². The summed E-state index contributed by atoms with van der Waals surface area (Å²) in [5.41, 5.74) is -1.72. The Morgan fingerprint density at radius 1 is 0.854 bits per heavy atom. The summed E-state index contributed by atoms with van der Waals surface area (Å²) in [5.74, 6) is -0.701. The van der Waals surface area contributed by atoms with Crippen molar-refractivity contribution in [2.45, 2.75) is 18.9 Å². The molecule has 0 aliphatic heterocycles. The molecule has 1 amide bonds. The zero-order valence-electron chi connectivity index (χ0n) is 20.5. The number of rotatable bonds is 6. The fraction of sp³-hybridized carbons (Fsp3) is 0.115. The van der Waals surface area contributed by atoms with Crippen LogP contribution in [0.25, 0.3) is 28.3 Å². The Bertz CT molecular complexity index is 1750. The van der Waals surface area contributed by atoms with Crippen LogP contribution in [0.5, 0.6) is 0 Å². The second kappa shape index (κ2) is 10.4. The van der Waals surface area contributed by atoms with Crippen LogP contribution in [-0.2, 0) is 12.7 Å². The normalized spacial score (nSPS) is 12.0. The topological polar surface area (TPSA) is 110 Å². The molecular weight excluding hydrogens is 556 g/mol. The Labute approximate surface area is 226 Å². The number of aromatic nitrogens is 6. The third kappa shape index (κ3) is 6.18. The van der Waals surface area contributed by atoms with Gasteiger partial charge in [-0.25, -0.2) is 9.78 Å².